The number of aromatic nitrogens is 1. The summed E-state index contributed by atoms with van der Waals surface area (Å²) in [6.07, 6.45) is 3.95. The van der Waals surface area contributed by atoms with Gasteiger partial charge in [-0.2, -0.15) is 0 Å². The molecule has 0 saturated carbocycles. The highest BCUT2D eigenvalue weighted by Gasteiger charge is 2.03. The van der Waals surface area contributed by atoms with E-state index in [9.17, 15) is 0 Å². The SMILES string of the molecule is CCC[C@H](N)c1ccc(Br)nc1. The molecule has 1 heterocycles. The van der Waals surface area contributed by atoms with Crippen molar-refractivity contribution in [2.45, 2.75) is 25.8 Å². The lowest BCUT2D eigenvalue weighted by atomic mass is 10.1. The van der Waals surface area contributed by atoms with E-state index in [0.717, 1.165) is 23.0 Å². The second kappa shape index (κ2) is 4.58. The van der Waals surface area contributed by atoms with Gasteiger partial charge in [0.15, 0.2) is 0 Å². The number of rotatable bonds is 3. The zero-order valence-corrected chi connectivity index (χ0v) is 8.71. The Bertz CT molecular complexity index is 233. The van der Waals surface area contributed by atoms with Crippen molar-refractivity contribution < 1.29 is 0 Å². The van der Waals surface area contributed by atoms with Gasteiger partial charge in [-0.15, -0.1) is 0 Å². The third-order valence-corrected chi connectivity index (χ3v) is 2.25. The molecule has 0 aliphatic rings. The van der Waals surface area contributed by atoms with Crippen molar-refractivity contribution in [3.8, 4) is 0 Å². The Balaban J connectivity index is 2.68. The molecule has 1 aromatic rings. The molecule has 0 saturated heterocycles. The van der Waals surface area contributed by atoms with Crippen molar-refractivity contribution in [2.24, 2.45) is 5.73 Å². The van der Waals surface area contributed by atoms with Crippen LogP contribution in [0.4, 0.5) is 0 Å². The number of pyridine rings is 1. The molecule has 0 spiro atoms. The Morgan fingerprint density at radius 2 is 2.33 bits per heavy atom. The zero-order valence-electron chi connectivity index (χ0n) is 7.13. The van der Waals surface area contributed by atoms with Gasteiger partial charge >= 0.3 is 0 Å². The third-order valence-electron chi connectivity index (χ3n) is 1.78. The van der Waals surface area contributed by atoms with Gasteiger partial charge in [-0.05, 0) is 34.0 Å². The molecular weight excluding hydrogens is 216 g/mol. The standard InChI is InChI=1S/C9H13BrN2/c1-2-3-8(11)7-4-5-9(10)12-6-7/h4-6,8H,2-3,11H2,1H3/t8-/m0/s1. The van der Waals surface area contributed by atoms with Gasteiger partial charge in [0.05, 0.1) is 0 Å². The summed E-state index contributed by atoms with van der Waals surface area (Å²) in [7, 11) is 0. The predicted octanol–water partition coefficient (Wildman–Crippen LogP) is 2.64. The van der Waals surface area contributed by atoms with Gasteiger partial charge in [-0.1, -0.05) is 19.4 Å². The topological polar surface area (TPSA) is 38.9 Å². The Morgan fingerprint density at radius 3 is 2.83 bits per heavy atom. The average Bonchev–Trinajstić information content (AvgIpc) is 2.06. The molecule has 0 bridgehead atoms. The summed E-state index contributed by atoms with van der Waals surface area (Å²) in [5, 5.41) is 0. The van der Waals surface area contributed by atoms with Crippen molar-refractivity contribution >= 4 is 15.9 Å². The highest BCUT2D eigenvalue weighted by Crippen LogP contribution is 2.15. The van der Waals surface area contributed by atoms with Crippen LogP contribution in [0.5, 0.6) is 0 Å². The first-order chi connectivity index (χ1) is 5.74. The monoisotopic (exact) mass is 228 g/mol. The van der Waals surface area contributed by atoms with Crippen molar-refractivity contribution in [1.29, 1.82) is 0 Å². The van der Waals surface area contributed by atoms with E-state index in [1.54, 1.807) is 0 Å². The summed E-state index contributed by atoms with van der Waals surface area (Å²) >= 11 is 3.28. The van der Waals surface area contributed by atoms with E-state index in [1.807, 2.05) is 18.3 Å². The quantitative estimate of drug-likeness (QED) is 0.809. The number of hydrogen-bond acceptors (Lipinski definition) is 2. The first-order valence-corrected chi connectivity index (χ1v) is 4.90. The molecule has 2 nitrogen and oxygen atoms in total. The lowest BCUT2D eigenvalue weighted by Crippen LogP contribution is -2.09. The van der Waals surface area contributed by atoms with Gasteiger partial charge in [-0.25, -0.2) is 4.98 Å². The van der Waals surface area contributed by atoms with E-state index in [2.05, 4.69) is 27.8 Å². The van der Waals surface area contributed by atoms with Gasteiger partial charge < -0.3 is 5.73 Å². The van der Waals surface area contributed by atoms with Crippen LogP contribution in [0.3, 0.4) is 0 Å². The van der Waals surface area contributed by atoms with Crippen LogP contribution in [0, 0.1) is 0 Å². The highest BCUT2D eigenvalue weighted by molar-refractivity contribution is 9.10. The van der Waals surface area contributed by atoms with E-state index in [4.69, 9.17) is 5.73 Å². The maximum absolute atomic E-state index is 5.90. The highest BCUT2D eigenvalue weighted by atomic mass is 79.9. The summed E-state index contributed by atoms with van der Waals surface area (Å²) in [5.41, 5.74) is 7.01. The maximum atomic E-state index is 5.90. The Hall–Kier alpha value is -0.410. The molecule has 1 rings (SSSR count). The van der Waals surface area contributed by atoms with E-state index in [1.165, 1.54) is 0 Å². The molecule has 66 valence electrons. The van der Waals surface area contributed by atoms with Gasteiger partial charge in [0.1, 0.15) is 4.60 Å². The molecule has 1 atom stereocenters. The minimum Gasteiger partial charge on any atom is -0.324 e. The third kappa shape index (κ3) is 2.57. The van der Waals surface area contributed by atoms with Crippen LogP contribution in [0.25, 0.3) is 0 Å². The molecule has 0 aromatic carbocycles. The minimum absolute atomic E-state index is 0.135. The van der Waals surface area contributed by atoms with Crippen molar-refractivity contribution in [3.05, 3.63) is 28.5 Å². The van der Waals surface area contributed by atoms with Gasteiger partial charge in [0.2, 0.25) is 0 Å². The van der Waals surface area contributed by atoms with Crippen LogP contribution in [0.15, 0.2) is 22.9 Å². The van der Waals surface area contributed by atoms with Gasteiger partial charge in [-0.3, -0.25) is 0 Å². The van der Waals surface area contributed by atoms with Gasteiger partial charge in [0.25, 0.3) is 0 Å². The fourth-order valence-corrected chi connectivity index (χ4v) is 1.32. The molecule has 12 heavy (non-hydrogen) atoms. The second-order valence-electron chi connectivity index (χ2n) is 2.81. The molecule has 0 aliphatic heterocycles. The number of halogens is 1. The van der Waals surface area contributed by atoms with E-state index < -0.39 is 0 Å². The number of nitrogens with two attached hydrogens (primary N) is 1. The minimum atomic E-state index is 0.135. The fourth-order valence-electron chi connectivity index (χ4n) is 1.08. The van der Waals surface area contributed by atoms with Gasteiger partial charge in [0, 0.05) is 12.2 Å². The molecule has 0 aliphatic carbocycles. The zero-order chi connectivity index (χ0) is 8.97. The predicted molar refractivity (Wildman–Crippen MR) is 53.8 cm³/mol. The van der Waals surface area contributed by atoms with Crippen molar-refractivity contribution in [3.63, 3.8) is 0 Å². The van der Waals surface area contributed by atoms with Crippen LogP contribution >= 0.6 is 15.9 Å². The van der Waals surface area contributed by atoms with Crippen LogP contribution in [-0.4, -0.2) is 4.98 Å². The maximum Gasteiger partial charge on any atom is 0.106 e. The molecule has 0 amide bonds. The average molecular weight is 229 g/mol. The fraction of sp³-hybridized carbons (Fsp3) is 0.444. The van der Waals surface area contributed by atoms with Crippen LogP contribution in [0.1, 0.15) is 31.4 Å². The summed E-state index contributed by atoms with van der Waals surface area (Å²) in [6.45, 7) is 2.13. The molecule has 0 fully saturated rings. The van der Waals surface area contributed by atoms with Crippen LogP contribution in [0.2, 0.25) is 0 Å². The Morgan fingerprint density at radius 1 is 1.58 bits per heavy atom. The number of nitrogens with zero attached hydrogens (tertiary/aromatic N) is 1. The summed E-state index contributed by atoms with van der Waals surface area (Å²) in [6, 6.07) is 4.07. The van der Waals surface area contributed by atoms with E-state index >= 15 is 0 Å². The second-order valence-corrected chi connectivity index (χ2v) is 3.62. The lowest BCUT2D eigenvalue weighted by Gasteiger charge is -2.09. The number of hydrogen-bond donors (Lipinski definition) is 1. The first-order valence-electron chi connectivity index (χ1n) is 4.11. The van der Waals surface area contributed by atoms with Crippen LogP contribution in [-0.2, 0) is 0 Å². The molecule has 0 radical (unpaired) electrons. The molecule has 2 N–H and O–H groups in total. The van der Waals surface area contributed by atoms with E-state index in [-0.39, 0.29) is 6.04 Å². The summed E-state index contributed by atoms with van der Waals surface area (Å²) < 4.78 is 0.856. The first kappa shape index (κ1) is 9.68. The van der Waals surface area contributed by atoms with Crippen LogP contribution < -0.4 is 5.73 Å². The Labute approximate surface area is 81.3 Å². The van der Waals surface area contributed by atoms with Crippen molar-refractivity contribution in [1.82, 2.24) is 4.98 Å². The molecule has 1 aromatic heterocycles. The molecule has 0 unspecified atom stereocenters. The summed E-state index contributed by atoms with van der Waals surface area (Å²) in [5.74, 6) is 0. The summed E-state index contributed by atoms with van der Waals surface area (Å²) in [4.78, 5) is 4.12. The largest absolute Gasteiger partial charge is 0.324 e. The lowest BCUT2D eigenvalue weighted by molar-refractivity contribution is 0.636. The molecule has 3 heteroatoms. The normalized spacial score (nSPS) is 12.9. The molecular formula is C9H13BrN2. The van der Waals surface area contributed by atoms with Crippen molar-refractivity contribution in [2.75, 3.05) is 0 Å². The Kier molecular flexibility index (Phi) is 3.69. The van der Waals surface area contributed by atoms with E-state index in [0.29, 0.717) is 0 Å². The smallest absolute Gasteiger partial charge is 0.106 e.